The van der Waals surface area contributed by atoms with Crippen LogP contribution >= 0.6 is 0 Å². The van der Waals surface area contributed by atoms with Gasteiger partial charge >= 0.3 is 0 Å². The molecular weight excluding hydrogens is 272 g/mol. The predicted octanol–water partition coefficient (Wildman–Crippen LogP) is 4.49. The van der Waals surface area contributed by atoms with Crippen LogP contribution in [0, 0.1) is 39.3 Å². The highest BCUT2D eigenvalue weighted by Gasteiger charge is 2.25. The Morgan fingerprint density at radius 1 is 1.05 bits per heavy atom. The first-order valence-electron chi connectivity index (χ1n) is 7.12. The molecule has 1 aromatic carbocycles. The van der Waals surface area contributed by atoms with Crippen LogP contribution in [-0.2, 0) is 0 Å². The van der Waals surface area contributed by atoms with Gasteiger partial charge in [-0.15, -0.1) is 0 Å². The lowest BCUT2D eigenvalue weighted by molar-refractivity contribution is 0.490. The van der Waals surface area contributed by atoms with E-state index in [1.165, 1.54) is 12.1 Å². The number of halogens is 2. The third-order valence-corrected chi connectivity index (χ3v) is 3.90. The Morgan fingerprint density at radius 3 is 2.24 bits per heavy atom. The van der Waals surface area contributed by atoms with Crippen LogP contribution in [0.4, 0.5) is 8.78 Å². The molecule has 1 unspecified atom stereocenters. The average Bonchev–Trinajstić information content (AvgIpc) is 2.66. The van der Waals surface area contributed by atoms with Crippen LogP contribution in [0.3, 0.4) is 0 Å². The van der Waals surface area contributed by atoms with Crippen molar-refractivity contribution in [3.63, 3.8) is 0 Å². The number of hydrogen-bond acceptors (Lipinski definition) is 2. The maximum Gasteiger partial charge on any atom is 0.128 e. The summed E-state index contributed by atoms with van der Waals surface area (Å²) in [4.78, 5) is 0. The molecule has 0 saturated carbocycles. The van der Waals surface area contributed by atoms with Crippen LogP contribution in [0.25, 0.3) is 0 Å². The van der Waals surface area contributed by atoms with E-state index in [4.69, 9.17) is 4.42 Å². The molecule has 1 heterocycles. The van der Waals surface area contributed by atoms with Crippen LogP contribution in [0.5, 0.6) is 0 Å². The minimum absolute atomic E-state index is 0.309. The highest BCUT2D eigenvalue weighted by molar-refractivity contribution is 5.42. The first-order chi connectivity index (χ1) is 9.86. The molecule has 0 aliphatic heterocycles. The number of aryl methyl sites for hydroxylation is 3. The van der Waals surface area contributed by atoms with Crippen LogP contribution in [-0.4, -0.2) is 6.54 Å². The zero-order valence-corrected chi connectivity index (χ0v) is 13.1. The molecule has 0 amide bonds. The van der Waals surface area contributed by atoms with E-state index in [0.717, 1.165) is 22.6 Å². The van der Waals surface area contributed by atoms with E-state index in [1.807, 2.05) is 27.7 Å². The number of benzene rings is 1. The van der Waals surface area contributed by atoms with Gasteiger partial charge in [-0.1, -0.05) is 6.92 Å². The van der Waals surface area contributed by atoms with Crippen LogP contribution in [0.2, 0.25) is 0 Å². The lowest BCUT2D eigenvalue weighted by atomic mass is 9.94. The summed E-state index contributed by atoms with van der Waals surface area (Å²) in [6, 6.07) is 2.11. The van der Waals surface area contributed by atoms with Gasteiger partial charge in [0.2, 0.25) is 0 Å². The Bertz CT molecular complexity index is 661. The molecule has 4 heteroatoms. The van der Waals surface area contributed by atoms with Crippen molar-refractivity contribution in [2.24, 2.45) is 0 Å². The second kappa shape index (κ2) is 5.98. The molecule has 2 aromatic rings. The number of hydrogen-bond donors (Lipinski definition) is 1. The molecule has 0 fully saturated rings. The zero-order chi connectivity index (χ0) is 15.7. The van der Waals surface area contributed by atoms with E-state index in [9.17, 15) is 8.78 Å². The predicted molar refractivity (Wildman–Crippen MR) is 79.5 cm³/mol. The summed E-state index contributed by atoms with van der Waals surface area (Å²) >= 11 is 0. The van der Waals surface area contributed by atoms with Crippen molar-refractivity contribution in [3.05, 3.63) is 57.5 Å². The van der Waals surface area contributed by atoms with Gasteiger partial charge in [-0.2, -0.15) is 0 Å². The SMILES string of the molecule is CCNC(c1cc(F)c(C)cc1F)c1c(C)oc(C)c1C. The molecule has 0 spiro atoms. The lowest BCUT2D eigenvalue weighted by Gasteiger charge is -2.20. The van der Waals surface area contributed by atoms with Crippen molar-refractivity contribution >= 4 is 0 Å². The van der Waals surface area contributed by atoms with Gasteiger partial charge in [0.05, 0.1) is 6.04 Å². The van der Waals surface area contributed by atoms with Crippen molar-refractivity contribution in [1.82, 2.24) is 5.32 Å². The molecule has 1 N–H and O–H groups in total. The fourth-order valence-corrected chi connectivity index (χ4v) is 2.69. The zero-order valence-electron chi connectivity index (χ0n) is 13.1. The molecule has 2 nitrogen and oxygen atoms in total. The van der Waals surface area contributed by atoms with Crippen molar-refractivity contribution in [2.45, 2.75) is 40.7 Å². The maximum absolute atomic E-state index is 14.3. The Morgan fingerprint density at radius 2 is 1.71 bits per heavy atom. The molecule has 0 aliphatic carbocycles. The lowest BCUT2D eigenvalue weighted by Crippen LogP contribution is -2.24. The summed E-state index contributed by atoms with van der Waals surface area (Å²) in [5.41, 5.74) is 2.48. The Labute approximate surface area is 124 Å². The summed E-state index contributed by atoms with van der Waals surface area (Å²) in [5.74, 6) is 0.733. The number of rotatable bonds is 4. The molecule has 21 heavy (non-hydrogen) atoms. The molecule has 1 atom stereocenters. The molecule has 0 bridgehead atoms. The van der Waals surface area contributed by atoms with E-state index in [0.29, 0.717) is 17.7 Å². The van der Waals surface area contributed by atoms with Gasteiger partial charge in [-0.05, 0) is 57.5 Å². The fraction of sp³-hybridized carbons (Fsp3) is 0.412. The van der Waals surface area contributed by atoms with E-state index >= 15 is 0 Å². The maximum atomic E-state index is 14.3. The number of nitrogens with one attached hydrogen (secondary N) is 1. The summed E-state index contributed by atoms with van der Waals surface area (Å²) in [5, 5.41) is 3.23. The second-order valence-corrected chi connectivity index (χ2v) is 5.37. The van der Waals surface area contributed by atoms with Crippen molar-refractivity contribution < 1.29 is 13.2 Å². The van der Waals surface area contributed by atoms with Crippen molar-refractivity contribution in [1.29, 1.82) is 0 Å². The Balaban J connectivity index is 2.61. The van der Waals surface area contributed by atoms with Crippen LogP contribution in [0.1, 0.15) is 46.7 Å². The van der Waals surface area contributed by atoms with Gasteiger partial charge in [0.1, 0.15) is 23.2 Å². The second-order valence-electron chi connectivity index (χ2n) is 5.37. The highest BCUT2D eigenvalue weighted by atomic mass is 19.1. The first kappa shape index (κ1) is 15.7. The average molecular weight is 293 g/mol. The third kappa shape index (κ3) is 2.86. The topological polar surface area (TPSA) is 25.2 Å². The first-order valence-corrected chi connectivity index (χ1v) is 7.12. The van der Waals surface area contributed by atoms with E-state index in [-0.39, 0.29) is 0 Å². The Hall–Kier alpha value is -1.68. The van der Waals surface area contributed by atoms with Gasteiger partial charge in [-0.25, -0.2) is 8.78 Å². The molecule has 0 radical (unpaired) electrons. The normalized spacial score (nSPS) is 12.7. The monoisotopic (exact) mass is 293 g/mol. The number of furan rings is 1. The van der Waals surface area contributed by atoms with Crippen molar-refractivity contribution in [2.75, 3.05) is 6.54 Å². The summed E-state index contributed by atoms with van der Waals surface area (Å²) in [6.45, 7) is 9.80. The minimum Gasteiger partial charge on any atom is -0.466 e. The summed E-state index contributed by atoms with van der Waals surface area (Å²) in [6.07, 6.45) is 0. The van der Waals surface area contributed by atoms with Gasteiger partial charge in [0.25, 0.3) is 0 Å². The smallest absolute Gasteiger partial charge is 0.128 e. The molecule has 0 aliphatic rings. The third-order valence-electron chi connectivity index (χ3n) is 3.90. The molecule has 0 saturated heterocycles. The molecular formula is C17H21F2NO. The molecule has 114 valence electrons. The van der Waals surface area contributed by atoms with E-state index in [2.05, 4.69) is 5.32 Å². The van der Waals surface area contributed by atoms with Gasteiger partial charge in [-0.3, -0.25) is 0 Å². The Kier molecular flexibility index (Phi) is 4.47. The summed E-state index contributed by atoms with van der Waals surface area (Å²) < 4.78 is 33.8. The van der Waals surface area contributed by atoms with E-state index < -0.39 is 17.7 Å². The fourth-order valence-electron chi connectivity index (χ4n) is 2.69. The van der Waals surface area contributed by atoms with E-state index in [1.54, 1.807) is 6.92 Å². The highest BCUT2D eigenvalue weighted by Crippen LogP contribution is 2.33. The molecule has 2 rings (SSSR count). The minimum atomic E-state index is -0.414. The van der Waals surface area contributed by atoms with Crippen LogP contribution in [0.15, 0.2) is 16.5 Å². The summed E-state index contributed by atoms with van der Waals surface area (Å²) in [7, 11) is 0. The molecule has 1 aromatic heterocycles. The van der Waals surface area contributed by atoms with Crippen molar-refractivity contribution in [3.8, 4) is 0 Å². The van der Waals surface area contributed by atoms with Crippen LogP contribution < -0.4 is 5.32 Å². The quantitative estimate of drug-likeness (QED) is 0.898. The van der Waals surface area contributed by atoms with Gasteiger partial charge < -0.3 is 9.73 Å². The van der Waals surface area contributed by atoms with Gasteiger partial charge in [0, 0.05) is 11.1 Å². The van der Waals surface area contributed by atoms with Gasteiger partial charge in [0.15, 0.2) is 0 Å². The largest absolute Gasteiger partial charge is 0.466 e. The standard InChI is InChI=1S/C17H21F2NO/c1-6-20-17(16-10(3)11(4)21-12(16)5)13-8-14(18)9(2)7-15(13)19/h7-8,17,20H,6H2,1-5H3.